The maximum absolute atomic E-state index is 14.2. The molecule has 33 heavy (non-hydrogen) atoms. The fraction of sp³-hybridized carbons (Fsp3) is 0.269. The van der Waals surface area contributed by atoms with Crippen LogP contribution in [0.15, 0.2) is 84.9 Å². The highest BCUT2D eigenvalue weighted by Gasteiger charge is 2.28. The molecule has 0 bridgehead atoms. The van der Waals surface area contributed by atoms with Gasteiger partial charge in [0.1, 0.15) is 13.0 Å². The first-order chi connectivity index (χ1) is 16.0. The van der Waals surface area contributed by atoms with Crippen LogP contribution in [-0.2, 0) is 9.36 Å². The van der Waals surface area contributed by atoms with Crippen LogP contribution < -0.4 is 15.9 Å². The second-order valence-corrected chi connectivity index (χ2v) is 11.3. The van der Waals surface area contributed by atoms with E-state index in [0.29, 0.717) is 18.4 Å². The third-order valence-corrected chi connectivity index (χ3v) is 9.13. The van der Waals surface area contributed by atoms with Crippen molar-refractivity contribution < 1.29 is 13.8 Å². The Balaban J connectivity index is 1.30. The minimum atomic E-state index is -2.72. The van der Waals surface area contributed by atoms with Crippen LogP contribution in [0.1, 0.15) is 0 Å². The predicted octanol–water partition coefficient (Wildman–Crippen LogP) is 3.40. The maximum Gasteiger partial charge on any atom is 0.238 e. The topological polar surface area (TPSA) is 52.7 Å². The molecule has 0 aromatic heterocycles. The van der Waals surface area contributed by atoms with Gasteiger partial charge in [0.05, 0.1) is 6.54 Å². The summed E-state index contributed by atoms with van der Waals surface area (Å²) in [5.41, 5.74) is 0.595. The summed E-state index contributed by atoms with van der Waals surface area (Å²) in [6.45, 7) is 4.25. The number of hydrogen-bond donors (Lipinski definition) is 1. The first-order valence-corrected chi connectivity index (χ1v) is 13.1. The lowest BCUT2D eigenvalue weighted by Gasteiger charge is -2.35. The molecule has 1 N–H and O–H groups in total. The molecule has 172 valence electrons. The maximum atomic E-state index is 14.2. The predicted molar refractivity (Wildman–Crippen MR) is 133 cm³/mol. The molecule has 5 nitrogen and oxygen atoms in total. The smallest absolute Gasteiger partial charge is 0.238 e. The molecule has 0 spiro atoms. The van der Waals surface area contributed by atoms with Gasteiger partial charge in [-0.05, 0) is 24.3 Å². The molecule has 7 heteroatoms. The van der Waals surface area contributed by atoms with Crippen molar-refractivity contribution in [2.75, 3.05) is 50.7 Å². The lowest BCUT2D eigenvalue weighted by Crippen LogP contribution is -2.49. The number of hydrogen-bond acceptors (Lipinski definition) is 4. The molecule has 1 aliphatic heterocycles. The number of amides is 1. The summed E-state index contributed by atoms with van der Waals surface area (Å²) in [6.07, 6.45) is 0.589. The number of rotatable bonds is 8. The first kappa shape index (κ1) is 23.4. The largest absolute Gasteiger partial charge is 0.325 e. The summed E-state index contributed by atoms with van der Waals surface area (Å²) in [5.74, 6) is -0.430. The van der Waals surface area contributed by atoms with E-state index in [9.17, 15) is 13.8 Å². The van der Waals surface area contributed by atoms with Crippen LogP contribution in [0.3, 0.4) is 0 Å². The standard InChI is InChI=1S/C26H29FN3O2P/c27-22-11-13-23(14-12-22)28-26(31)21-30-17-15-29(16-18-30)19-20-33(32,24-7-3-1-4-8-24)25-9-5-2-6-10-25/h1-14H,15-21H2,(H,28,31). The molecule has 4 rings (SSSR count). The van der Waals surface area contributed by atoms with Gasteiger partial charge >= 0.3 is 0 Å². The molecule has 0 radical (unpaired) electrons. The van der Waals surface area contributed by atoms with Crippen molar-refractivity contribution in [3.8, 4) is 0 Å². The average molecular weight is 466 g/mol. The van der Waals surface area contributed by atoms with Gasteiger partial charge < -0.3 is 14.8 Å². The minimum absolute atomic E-state index is 0.104. The molecule has 0 atom stereocenters. The Morgan fingerprint density at radius 2 is 1.30 bits per heavy atom. The highest BCUT2D eigenvalue weighted by atomic mass is 31.2. The summed E-state index contributed by atoms with van der Waals surface area (Å²) in [5, 5.41) is 4.60. The Bertz CT molecular complexity index is 1040. The molecule has 3 aromatic carbocycles. The van der Waals surface area contributed by atoms with E-state index < -0.39 is 7.14 Å². The lowest BCUT2D eigenvalue weighted by molar-refractivity contribution is -0.117. The lowest BCUT2D eigenvalue weighted by atomic mass is 10.3. The SMILES string of the molecule is O=C(CN1CCN(CCP(=O)(c2ccccc2)c2ccccc2)CC1)Nc1ccc(F)cc1. The van der Waals surface area contributed by atoms with Crippen molar-refractivity contribution in [1.82, 2.24) is 9.80 Å². The Labute approximate surface area is 194 Å². The molecule has 1 saturated heterocycles. The zero-order chi connectivity index (χ0) is 23.1. The minimum Gasteiger partial charge on any atom is -0.325 e. The van der Waals surface area contributed by atoms with Crippen LogP contribution in [0.25, 0.3) is 0 Å². The summed E-state index contributed by atoms with van der Waals surface area (Å²) < 4.78 is 27.2. The Kier molecular flexibility index (Phi) is 7.71. The molecule has 1 aliphatic rings. The third-order valence-electron chi connectivity index (χ3n) is 6.04. The summed E-state index contributed by atoms with van der Waals surface area (Å²) in [7, 11) is -2.72. The van der Waals surface area contributed by atoms with E-state index in [0.717, 1.165) is 43.3 Å². The highest BCUT2D eigenvalue weighted by molar-refractivity contribution is 7.78. The van der Waals surface area contributed by atoms with Crippen molar-refractivity contribution in [3.63, 3.8) is 0 Å². The van der Waals surface area contributed by atoms with E-state index in [1.165, 1.54) is 12.1 Å². The van der Waals surface area contributed by atoms with Gasteiger partial charge in [-0.1, -0.05) is 60.7 Å². The van der Waals surface area contributed by atoms with Crippen LogP contribution in [-0.4, -0.2) is 61.1 Å². The van der Waals surface area contributed by atoms with Crippen LogP contribution in [0.4, 0.5) is 10.1 Å². The van der Waals surface area contributed by atoms with Gasteiger partial charge in [0.15, 0.2) is 0 Å². The zero-order valence-corrected chi connectivity index (χ0v) is 19.5. The molecular weight excluding hydrogens is 436 g/mol. The van der Waals surface area contributed by atoms with Gasteiger partial charge in [0.25, 0.3) is 0 Å². The summed E-state index contributed by atoms with van der Waals surface area (Å²) in [4.78, 5) is 16.8. The van der Waals surface area contributed by atoms with Crippen molar-refractivity contribution in [2.45, 2.75) is 0 Å². The van der Waals surface area contributed by atoms with Gasteiger partial charge in [0.2, 0.25) is 5.91 Å². The Morgan fingerprint density at radius 3 is 1.85 bits per heavy atom. The quantitative estimate of drug-likeness (QED) is 0.519. The van der Waals surface area contributed by atoms with Gasteiger partial charge in [-0.25, -0.2) is 4.39 Å². The number of benzene rings is 3. The second-order valence-electron chi connectivity index (χ2n) is 8.31. The van der Waals surface area contributed by atoms with E-state index in [1.54, 1.807) is 12.1 Å². The summed E-state index contributed by atoms with van der Waals surface area (Å²) >= 11 is 0. The Hall–Kier alpha value is -2.79. The summed E-state index contributed by atoms with van der Waals surface area (Å²) in [6, 6.07) is 25.3. The normalized spacial score (nSPS) is 15.3. The van der Waals surface area contributed by atoms with E-state index >= 15 is 0 Å². The van der Waals surface area contributed by atoms with E-state index in [-0.39, 0.29) is 11.7 Å². The molecular formula is C26H29FN3O2P. The number of anilines is 1. The highest BCUT2D eigenvalue weighted by Crippen LogP contribution is 2.43. The van der Waals surface area contributed by atoms with Crippen LogP contribution in [0.2, 0.25) is 0 Å². The number of nitrogens with zero attached hydrogens (tertiary/aromatic N) is 2. The van der Waals surface area contributed by atoms with Gasteiger partial charge in [-0.15, -0.1) is 0 Å². The number of nitrogens with one attached hydrogen (secondary N) is 1. The fourth-order valence-electron chi connectivity index (χ4n) is 4.13. The molecule has 0 saturated carbocycles. The zero-order valence-electron chi connectivity index (χ0n) is 18.6. The van der Waals surface area contributed by atoms with E-state index in [2.05, 4.69) is 15.1 Å². The molecule has 1 heterocycles. The van der Waals surface area contributed by atoms with Crippen LogP contribution in [0, 0.1) is 5.82 Å². The average Bonchev–Trinajstić information content (AvgIpc) is 2.86. The number of carbonyl (C=O) groups is 1. The van der Waals surface area contributed by atoms with Crippen LogP contribution in [0.5, 0.6) is 0 Å². The van der Waals surface area contributed by atoms with Gasteiger partial charge in [0, 0.05) is 55.2 Å². The van der Waals surface area contributed by atoms with Gasteiger partial charge in [-0.3, -0.25) is 9.69 Å². The van der Waals surface area contributed by atoms with Crippen molar-refractivity contribution in [2.24, 2.45) is 0 Å². The van der Waals surface area contributed by atoms with Crippen LogP contribution >= 0.6 is 7.14 Å². The fourth-order valence-corrected chi connectivity index (χ4v) is 6.82. The number of halogens is 1. The third kappa shape index (κ3) is 6.17. The molecule has 0 aliphatic carbocycles. The number of piperazine rings is 1. The van der Waals surface area contributed by atoms with Crippen molar-refractivity contribution in [1.29, 1.82) is 0 Å². The number of carbonyl (C=O) groups excluding carboxylic acids is 1. The van der Waals surface area contributed by atoms with Gasteiger partial charge in [-0.2, -0.15) is 0 Å². The van der Waals surface area contributed by atoms with E-state index in [4.69, 9.17) is 0 Å². The van der Waals surface area contributed by atoms with E-state index in [1.807, 2.05) is 60.7 Å². The molecule has 1 amide bonds. The molecule has 0 unspecified atom stereocenters. The monoisotopic (exact) mass is 465 g/mol. The van der Waals surface area contributed by atoms with Crippen molar-refractivity contribution >= 4 is 29.3 Å². The molecule has 1 fully saturated rings. The van der Waals surface area contributed by atoms with Crippen molar-refractivity contribution in [3.05, 3.63) is 90.7 Å². The Morgan fingerprint density at radius 1 is 0.788 bits per heavy atom. The first-order valence-electron chi connectivity index (χ1n) is 11.2. The molecule has 3 aromatic rings. The second kappa shape index (κ2) is 10.9.